The van der Waals surface area contributed by atoms with Crippen molar-refractivity contribution in [3.8, 4) is 0 Å². The normalized spacial score (nSPS) is 18.7. The molecule has 0 radical (unpaired) electrons. The van der Waals surface area contributed by atoms with Gasteiger partial charge in [-0.25, -0.2) is 0 Å². The van der Waals surface area contributed by atoms with Gasteiger partial charge in [0.15, 0.2) is 0 Å². The van der Waals surface area contributed by atoms with E-state index in [1.165, 1.54) is 14.2 Å². The Balaban J connectivity index is 3.60. The highest BCUT2D eigenvalue weighted by Crippen LogP contribution is 2.37. The van der Waals surface area contributed by atoms with Crippen LogP contribution in [-0.2, 0) is 25.6 Å². The van der Waals surface area contributed by atoms with Gasteiger partial charge in [0.1, 0.15) is 12.8 Å². The van der Waals surface area contributed by atoms with E-state index in [9.17, 15) is 4.89 Å². The Hall–Kier alpha value is 0.450. The van der Waals surface area contributed by atoms with Crippen LogP contribution in [0.3, 0.4) is 0 Å². The Bertz CT molecular complexity index is 164. The number of rotatable bonds is 6. The highest BCUT2D eigenvalue weighted by Gasteiger charge is 2.07. The Morgan fingerprint density at radius 3 is 2.50 bits per heavy atom. The lowest BCUT2D eigenvalue weighted by Crippen LogP contribution is -2.22. The molecule has 2 unspecified atom stereocenters. The number of hydrogen-bond acceptors (Lipinski definition) is 6. The maximum Gasteiger partial charge on any atom is 0.115 e. The smallest absolute Gasteiger partial charge is 0.115 e. The molecular formula is C5H12O5PS-. The van der Waals surface area contributed by atoms with Crippen LogP contribution < -0.4 is 4.89 Å². The Morgan fingerprint density at radius 2 is 2.08 bits per heavy atom. The highest BCUT2D eigenvalue weighted by molar-refractivity contribution is 8.06. The van der Waals surface area contributed by atoms with Gasteiger partial charge in [0.2, 0.25) is 0 Å². The summed E-state index contributed by atoms with van der Waals surface area (Å²) >= 11 is 4.41. The summed E-state index contributed by atoms with van der Waals surface area (Å²) in [5.74, 6) is 0. The SMILES string of the molecule is COCC(O)COP([O-])(=S)OC. The Morgan fingerprint density at radius 1 is 1.50 bits per heavy atom. The molecule has 0 rings (SSSR count). The molecule has 0 spiro atoms. The Kier molecular flexibility index (Phi) is 6.21. The predicted octanol–water partition coefficient (Wildman–Crippen LogP) is -0.758. The van der Waals surface area contributed by atoms with Gasteiger partial charge >= 0.3 is 0 Å². The van der Waals surface area contributed by atoms with E-state index in [0.717, 1.165) is 0 Å². The van der Waals surface area contributed by atoms with E-state index in [2.05, 4.69) is 25.6 Å². The van der Waals surface area contributed by atoms with Gasteiger partial charge in [-0.05, 0) is 0 Å². The summed E-state index contributed by atoms with van der Waals surface area (Å²) in [5, 5.41) is 9.04. The van der Waals surface area contributed by atoms with Crippen LogP contribution in [0.1, 0.15) is 0 Å². The molecule has 7 heteroatoms. The zero-order valence-corrected chi connectivity index (χ0v) is 8.64. The molecule has 2 atom stereocenters. The molecule has 0 aromatic carbocycles. The third kappa shape index (κ3) is 6.02. The lowest BCUT2D eigenvalue weighted by molar-refractivity contribution is -0.206. The van der Waals surface area contributed by atoms with Gasteiger partial charge in [0, 0.05) is 14.2 Å². The van der Waals surface area contributed by atoms with E-state index < -0.39 is 12.8 Å². The van der Waals surface area contributed by atoms with Crippen molar-refractivity contribution in [1.29, 1.82) is 0 Å². The lowest BCUT2D eigenvalue weighted by Gasteiger charge is -2.26. The van der Waals surface area contributed by atoms with Crippen LogP contribution in [0.25, 0.3) is 0 Å². The van der Waals surface area contributed by atoms with Gasteiger partial charge in [0.25, 0.3) is 0 Å². The third-order valence-corrected chi connectivity index (χ3v) is 2.68. The van der Waals surface area contributed by atoms with Crippen molar-refractivity contribution in [2.24, 2.45) is 0 Å². The van der Waals surface area contributed by atoms with E-state index in [4.69, 9.17) is 5.11 Å². The molecule has 0 aromatic heterocycles. The number of ether oxygens (including phenoxy) is 1. The van der Waals surface area contributed by atoms with Crippen molar-refractivity contribution in [2.75, 3.05) is 27.4 Å². The minimum Gasteiger partial charge on any atom is -0.780 e. The van der Waals surface area contributed by atoms with E-state index >= 15 is 0 Å². The molecule has 0 aliphatic heterocycles. The molecule has 0 bridgehead atoms. The quantitative estimate of drug-likeness (QED) is 0.587. The molecule has 0 saturated heterocycles. The minimum atomic E-state index is -3.38. The second-order valence-corrected chi connectivity index (χ2v) is 4.89. The second kappa shape index (κ2) is 5.99. The Labute approximate surface area is 76.5 Å². The lowest BCUT2D eigenvalue weighted by atomic mass is 10.4. The number of hydrogen-bond donors (Lipinski definition) is 1. The summed E-state index contributed by atoms with van der Waals surface area (Å²) in [6.07, 6.45) is -0.832. The summed E-state index contributed by atoms with van der Waals surface area (Å²) in [7, 11) is 2.63. The monoisotopic (exact) mass is 215 g/mol. The number of aliphatic hydroxyl groups is 1. The second-order valence-electron chi connectivity index (χ2n) is 2.03. The molecule has 0 fully saturated rings. The first-order chi connectivity index (χ1) is 5.52. The molecule has 0 aliphatic rings. The molecule has 5 nitrogen and oxygen atoms in total. The third-order valence-electron chi connectivity index (χ3n) is 1.01. The fourth-order valence-electron chi connectivity index (χ4n) is 0.471. The number of methoxy groups -OCH3 is 1. The van der Waals surface area contributed by atoms with Crippen LogP contribution in [0.15, 0.2) is 0 Å². The molecule has 1 N–H and O–H groups in total. The average Bonchev–Trinajstić information content (AvgIpc) is 2.02. The number of aliphatic hydroxyl groups excluding tert-OH is 1. The summed E-state index contributed by atoms with van der Waals surface area (Å²) in [4.78, 5) is 10.9. The summed E-state index contributed by atoms with van der Waals surface area (Å²) in [6, 6.07) is 0. The molecule has 0 saturated carbocycles. The largest absolute Gasteiger partial charge is 0.780 e. The predicted molar refractivity (Wildman–Crippen MR) is 45.1 cm³/mol. The van der Waals surface area contributed by atoms with E-state index in [0.29, 0.717) is 0 Å². The van der Waals surface area contributed by atoms with E-state index in [-0.39, 0.29) is 13.2 Å². The fraction of sp³-hybridized carbons (Fsp3) is 1.00. The van der Waals surface area contributed by atoms with Crippen LogP contribution in [0.4, 0.5) is 0 Å². The minimum absolute atomic E-state index is 0.110. The average molecular weight is 215 g/mol. The molecule has 0 aliphatic carbocycles. The summed E-state index contributed by atoms with van der Waals surface area (Å²) in [5.41, 5.74) is 0. The zero-order chi connectivity index (χ0) is 9.61. The molecule has 0 aromatic rings. The van der Waals surface area contributed by atoms with Crippen molar-refractivity contribution >= 4 is 18.5 Å². The first kappa shape index (κ1) is 12.4. The standard InChI is InChI=1S/C5H13O5PS/c1-8-3-5(6)4-10-11(7,12)9-2/h5-6H,3-4H2,1-2H3,(H,7,12)/p-1. The van der Waals surface area contributed by atoms with Crippen molar-refractivity contribution in [2.45, 2.75) is 6.10 Å². The van der Waals surface area contributed by atoms with Gasteiger partial charge in [-0.15, -0.1) is 0 Å². The maximum absolute atomic E-state index is 10.9. The van der Waals surface area contributed by atoms with Crippen LogP contribution in [0.2, 0.25) is 0 Å². The van der Waals surface area contributed by atoms with Gasteiger partial charge in [-0.2, -0.15) is 0 Å². The molecule has 12 heavy (non-hydrogen) atoms. The van der Waals surface area contributed by atoms with Crippen molar-refractivity contribution < 1.29 is 23.8 Å². The maximum atomic E-state index is 10.9. The van der Waals surface area contributed by atoms with Gasteiger partial charge in [-0.1, -0.05) is 11.8 Å². The van der Waals surface area contributed by atoms with Crippen LogP contribution in [0.5, 0.6) is 0 Å². The van der Waals surface area contributed by atoms with E-state index in [1.807, 2.05) is 0 Å². The molecule has 0 amide bonds. The first-order valence-electron chi connectivity index (χ1n) is 3.20. The zero-order valence-electron chi connectivity index (χ0n) is 6.93. The summed E-state index contributed by atoms with van der Waals surface area (Å²) < 4.78 is 13.6. The topological polar surface area (TPSA) is 71.0 Å². The van der Waals surface area contributed by atoms with Gasteiger partial charge in [-0.3, -0.25) is 0 Å². The van der Waals surface area contributed by atoms with Gasteiger partial charge < -0.3 is 23.8 Å². The van der Waals surface area contributed by atoms with Crippen LogP contribution in [0, 0.1) is 0 Å². The highest BCUT2D eigenvalue weighted by atomic mass is 32.5. The molecule has 74 valence electrons. The van der Waals surface area contributed by atoms with Crippen molar-refractivity contribution in [1.82, 2.24) is 0 Å². The first-order valence-corrected chi connectivity index (χ1v) is 5.75. The summed E-state index contributed by atoms with van der Waals surface area (Å²) in [6.45, 7) is -3.42. The van der Waals surface area contributed by atoms with Crippen LogP contribution >= 0.6 is 6.72 Å². The molecular weight excluding hydrogens is 203 g/mol. The van der Waals surface area contributed by atoms with Gasteiger partial charge in [0.05, 0.1) is 13.2 Å². The molecule has 0 heterocycles. The van der Waals surface area contributed by atoms with Crippen molar-refractivity contribution in [3.05, 3.63) is 0 Å². The van der Waals surface area contributed by atoms with Crippen LogP contribution in [-0.4, -0.2) is 38.6 Å². The van der Waals surface area contributed by atoms with E-state index in [1.54, 1.807) is 0 Å². The fourth-order valence-corrected chi connectivity index (χ4v) is 1.11. The van der Waals surface area contributed by atoms with Crippen molar-refractivity contribution in [3.63, 3.8) is 0 Å².